The molecule has 2 aromatic rings. The number of aromatic nitrogens is 2. The lowest BCUT2D eigenvalue weighted by atomic mass is 10.0. The van der Waals surface area contributed by atoms with E-state index in [1.165, 1.54) is 12.8 Å². The van der Waals surface area contributed by atoms with Crippen molar-refractivity contribution in [2.75, 3.05) is 13.7 Å². The lowest BCUT2D eigenvalue weighted by molar-refractivity contribution is 0.167. The number of fused-ring (bicyclic) bond motifs is 1. The first-order chi connectivity index (χ1) is 10.1. The molecular weight excluding hydrogens is 307 g/mol. The summed E-state index contributed by atoms with van der Waals surface area (Å²) in [4.78, 5) is 4.67. The minimum Gasteiger partial charge on any atom is -0.385 e. The normalized spacial score (nSPS) is 18.1. The first-order valence-corrected chi connectivity index (χ1v) is 8.15. The van der Waals surface area contributed by atoms with E-state index in [2.05, 4.69) is 15.6 Å². The van der Waals surface area contributed by atoms with Crippen LogP contribution in [0.3, 0.4) is 0 Å². The maximum absolute atomic E-state index is 6.33. The van der Waals surface area contributed by atoms with Gasteiger partial charge in [-0.3, -0.25) is 0 Å². The van der Waals surface area contributed by atoms with Gasteiger partial charge in [0, 0.05) is 20.3 Å². The summed E-state index contributed by atoms with van der Waals surface area (Å²) in [5, 5.41) is 0.554. The van der Waals surface area contributed by atoms with Gasteiger partial charge >= 0.3 is 0 Å². The van der Waals surface area contributed by atoms with E-state index in [0.717, 1.165) is 36.4 Å². The highest BCUT2D eigenvalue weighted by atomic mass is 35.5. The van der Waals surface area contributed by atoms with E-state index in [1.54, 1.807) is 7.11 Å². The molecule has 3 rings (SSSR count). The summed E-state index contributed by atoms with van der Waals surface area (Å²) in [7, 11) is 1.76. The molecule has 0 N–H and O–H groups in total. The first-order valence-electron chi connectivity index (χ1n) is 7.34. The molecule has 1 atom stereocenters. The molecule has 0 aliphatic heterocycles. The predicted molar refractivity (Wildman–Crippen MR) is 87.2 cm³/mol. The Morgan fingerprint density at radius 3 is 2.81 bits per heavy atom. The van der Waals surface area contributed by atoms with Crippen molar-refractivity contribution in [3.63, 3.8) is 0 Å². The molecule has 1 unspecified atom stereocenters. The Labute approximate surface area is 135 Å². The zero-order chi connectivity index (χ0) is 15.0. The lowest BCUT2D eigenvalue weighted by Crippen LogP contribution is -2.16. The summed E-state index contributed by atoms with van der Waals surface area (Å²) in [6.07, 6.45) is 3.57. The first kappa shape index (κ1) is 15.1. The van der Waals surface area contributed by atoms with Gasteiger partial charge in [-0.1, -0.05) is 17.7 Å². The number of hydrogen-bond acceptors (Lipinski definition) is 2. The number of nitrogens with zero attached hydrogens (tertiary/aromatic N) is 2. The van der Waals surface area contributed by atoms with E-state index in [9.17, 15) is 0 Å². The van der Waals surface area contributed by atoms with Gasteiger partial charge in [0.15, 0.2) is 0 Å². The highest BCUT2D eigenvalue weighted by Gasteiger charge is 2.43. The van der Waals surface area contributed by atoms with Gasteiger partial charge in [-0.25, -0.2) is 4.98 Å². The van der Waals surface area contributed by atoms with Gasteiger partial charge in [0.1, 0.15) is 11.3 Å². The highest BCUT2D eigenvalue weighted by molar-refractivity contribution is 6.35. The minimum atomic E-state index is -0.133. The predicted octanol–water partition coefficient (Wildman–Crippen LogP) is 4.81. The molecule has 0 saturated heterocycles. The number of para-hydroxylation sites is 1. The maximum Gasteiger partial charge on any atom is 0.127 e. The van der Waals surface area contributed by atoms with E-state index < -0.39 is 0 Å². The van der Waals surface area contributed by atoms with Crippen molar-refractivity contribution in [1.29, 1.82) is 0 Å². The molecule has 5 heteroatoms. The van der Waals surface area contributed by atoms with Crippen LogP contribution in [0.2, 0.25) is 5.02 Å². The molecule has 0 amide bonds. The van der Waals surface area contributed by atoms with Gasteiger partial charge in [-0.2, -0.15) is 0 Å². The monoisotopic (exact) mass is 326 g/mol. The van der Waals surface area contributed by atoms with E-state index in [0.29, 0.717) is 10.4 Å². The van der Waals surface area contributed by atoms with Crippen LogP contribution in [0, 0.1) is 5.41 Å². The number of halogens is 2. The summed E-state index contributed by atoms with van der Waals surface area (Å²) < 4.78 is 7.50. The average molecular weight is 327 g/mol. The highest BCUT2D eigenvalue weighted by Crippen LogP contribution is 2.51. The fraction of sp³-hybridized carbons (Fsp3) is 0.562. The van der Waals surface area contributed by atoms with Gasteiger partial charge in [0.25, 0.3) is 0 Å². The van der Waals surface area contributed by atoms with Gasteiger partial charge in [0.2, 0.25) is 0 Å². The fourth-order valence-corrected chi connectivity index (χ4v) is 3.30. The largest absolute Gasteiger partial charge is 0.385 e. The van der Waals surface area contributed by atoms with Gasteiger partial charge in [-0.15, -0.1) is 11.6 Å². The third-order valence-electron chi connectivity index (χ3n) is 4.40. The molecule has 1 aliphatic carbocycles. The van der Waals surface area contributed by atoms with E-state index >= 15 is 0 Å². The van der Waals surface area contributed by atoms with Crippen molar-refractivity contribution in [1.82, 2.24) is 9.55 Å². The maximum atomic E-state index is 6.33. The number of ether oxygens (including phenoxy) is 1. The SMILES string of the molecule is COCCC1(Cn2c(C(C)Cl)nc3c(Cl)cccc32)CC1. The Balaban J connectivity index is 2.00. The molecule has 1 heterocycles. The Hall–Kier alpha value is -0.770. The van der Waals surface area contributed by atoms with E-state index in [-0.39, 0.29) is 5.38 Å². The summed E-state index contributed by atoms with van der Waals surface area (Å²) in [6, 6.07) is 5.92. The molecule has 0 bridgehead atoms. The number of alkyl halides is 1. The zero-order valence-corrected chi connectivity index (χ0v) is 13.9. The zero-order valence-electron chi connectivity index (χ0n) is 12.4. The van der Waals surface area contributed by atoms with E-state index in [1.807, 2.05) is 19.1 Å². The number of benzene rings is 1. The van der Waals surface area contributed by atoms with Gasteiger partial charge in [-0.05, 0) is 43.7 Å². The second-order valence-electron chi connectivity index (χ2n) is 6.02. The van der Waals surface area contributed by atoms with Crippen LogP contribution in [0.5, 0.6) is 0 Å². The minimum absolute atomic E-state index is 0.133. The van der Waals surface area contributed by atoms with Gasteiger partial charge in [0.05, 0.1) is 15.9 Å². The quantitative estimate of drug-likeness (QED) is 0.712. The Morgan fingerprint density at radius 2 is 2.19 bits per heavy atom. The molecule has 1 aromatic carbocycles. The molecular formula is C16H20Cl2N2O. The summed E-state index contributed by atoms with van der Waals surface area (Å²) in [5.41, 5.74) is 2.27. The van der Waals surface area contributed by atoms with Crippen LogP contribution in [-0.4, -0.2) is 23.3 Å². The van der Waals surface area contributed by atoms with Crippen LogP contribution in [-0.2, 0) is 11.3 Å². The standard InChI is InChI=1S/C16H20Cl2N2O/c1-11(17)15-19-14-12(18)4-3-5-13(14)20(15)10-16(6-7-16)8-9-21-2/h3-5,11H,6-10H2,1-2H3. The number of methoxy groups -OCH3 is 1. The smallest absolute Gasteiger partial charge is 0.127 e. The van der Waals surface area contributed by atoms with Crippen LogP contribution < -0.4 is 0 Å². The summed E-state index contributed by atoms with van der Waals surface area (Å²) in [5.74, 6) is 0.906. The molecule has 1 aliphatic rings. The molecule has 1 fully saturated rings. The molecule has 1 aromatic heterocycles. The average Bonchev–Trinajstić information content (AvgIpc) is 3.11. The third-order valence-corrected chi connectivity index (χ3v) is 4.90. The Morgan fingerprint density at radius 1 is 1.43 bits per heavy atom. The molecule has 1 saturated carbocycles. The third kappa shape index (κ3) is 2.92. The number of rotatable bonds is 6. The van der Waals surface area contributed by atoms with Crippen molar-refractivity contribution in [2.45, 2.75) is 38.1 Å². The molecule has 114 valence electrons. The molecule has 0 radical (unpaired) electrons. The second-order valence-corrected chi connectivity index (χ2v) is 7.08. The Kier molecular flexibility index (Phi) is 4.17. The number of hydrogen-bond donors (Lipinski definition) is 0. The summed E-state index contributed by atoms with van der Waals surface area (Å²) >= 11 is 12.6. The molecule has 3 nitrogen and oxygen atoms in total. The summed E-state index contributed by atoms with van der Waals surface area (Å²) in [6.45, 7) is 3.71. The molecule has 0 spiro atoms. The van der Waals surface area contributed by atoms with Crippen LogP contribution >= 0.6 is 23.2 Å². The fourth-order valence-electron chi connectivity index (χ4n) is 2.92. The van der Waals surface area contributed by atoms with Crippen LogP contribution in [0.15, 0.2) is 18.2 Å². The van der Waals surface area contributed by atoms with E-state index in [4.69, 9.17) is 27.9 Å². The lowest BCUT2D eigenvalue weighted by Gasteiger charge is -2.18. The van der Waals surface area contributed by atoms with Crippen molar-refractivity contribution in [3.05, 3.63) is 29.0 Å². The number of imidazole rings is 1. The van der Waals surface area contributed by atoms with Crippen LogP contribution in [0.1, 0.15) is 37.4 Å². The Bertz CT molecular complexity index is 647. The van der Waals surface area contributed by atoms with Crippen molar-refractivity contribution in [3.8, 4) is 0 Å². The van der Waals surface area contributed by atoms with Crippen LogP contribution in [0.4, 0.5) is 0 Å². The van der Waals surface area contributed by atoms with Crippen molar-refractivity contribution >= 4 is 34.2 Å². The second kappa shape index (κ2) is 5.79. The van der Waals surface area contributed by atoms with Crippen molar-refractivity contribution < 1.29 is 4.74 Å². The van der Waals surface area contributed by atoms with Gasteiger partial charge < -0.3 is 9.30 Å². The molecule has 21 heavy (non-hydrogen) atoms. The topological polar surface area (TPSA) is 27.1 Å². The van der Waals surface area contributed by atoms with Crippen molar-refractivity contribution in [2.24, 2.45) is 5.41 Å². The van der Waals surface area contributed by atoms with Crippen LogP contribution in [0.25, 0.3) is 11.0 Å².